The summed E-state index contributed by atoms with van der Waals surface area (Å²) in [6, 6.07) is 0. The molecule has 0 aromatic rings. The van der Waals surface area contributed by atoms with E-state index in [0.717, 1.165) is 0 Å². The van der Waals surface area contributed by atoms with Gasteiger partial charge < -0.3 is 20.5 Å². The largest absolute Gasteiger partial charge is 0.481 e. The molecule has 0 aliphatic carbocycles. The first kappa shape index (κ1) is 13.4. The summed E-state index contributed by atoms with van der Waals surface area (Å²) < 4.78 is 0. The van der Waals surface area contributed by atoms with E-state index in [9.17, 15) is 4.79 Å². The zero-order chi connectivity index (χ0) is 11.0. The van der Waals surface area contributed by atoms with Crippen LogP contribution in [0.1, 0.15) is 19.3 Å². The predicted molar refractivity (Wildman–Crippen MR) is 53.9 cm³/mol. The van der Waals surface area contributed by atoms with Crippen molar-refractivity contribution in [2.45, 2.75) is 25.6 Å². The van der Waals surface area contributed by atoms with Crippen molar-refractivity contribution in [2.75, 3.05) is 13.6 Å². The van der Waals surface area contributed by atoms with E-state index in [2.05, 4.69) is 5.32 Å². The molecule has 82 valence electrons. The summed E-state index contributed by atoms with van der Waals surface area (Å²) in [5, 5.41) is 28.7. The Morgan fingerprint density at radius 1 is 1.50 bits per heavy atom. The van der Waals surface area contributed by atoms with Crippen LogP contribution >= 0.6 is 0 Å². The Kier molecular flexibility index (Phi) is 7.46. The van der Waals surface area contributed by atoms with E-state index in [-0.39, 0.29) is 12.3 Å². The summed E-state index contributed by atoms with van der Waals surface area (Å²) in [4.78, 5) is 10.5. The number of rotatable bonds is 8. The van der Waals surface area contributed by atoms with Crippen molar-refractivity contribution in [3.8, 4) is 0 Å². The maximum atomic E-state index is 10.5. The number of aliphatic carboxylic acids is 1. The molecule has 4 N–H and O–H groups in total. The van der Waals surface area contributed by atoms with Gasteiger partial charge in [-0.05, 0) is 32.3 Å². The van der Waals surface area contributed by atoms with Crippen molar-refractivity contribution in [2.24, 2.45) is 5.92 Å². The number of carboxylic acid groups (broad SMARTS) is 1. The molecule has 0 saturated heterocycles. The average Bonchev–Trinajstić information content (AvgIpc) is 2.02. The molecule has 14 heavy (non-hydrogen) atoms. The van der Waals surface area contributed by atoms with Crippen molar-refractivity contribution in [1.29, 1.82) is 0 Å². The minimum Gasteiger partial charge on any atom is -0.481 e. The highest BCUT2D eigenvalue weighted by molar-refractivity contribution is 6.40. The van der Waals surface area contributed by atoms with Gasteiger partial charge in [0, 0.05) is 6.42 Å². The van der Waals surface area contributed by atoms with Crippen LogP contribution in [0.4, 0.5) is 0 Å². The van der Waals surface area contributed by atoms with Gasteiger partial charge in [-0.3, -0.25) is 4.79 Å². The fraction of sp³-hybridized carbons (Fsp3) is 0.875. The van der Waals surface area contributed by atoms with Gasteiger partial charge in [-0.1, -0.05) is 6.42 Å². The number of hydrogen-bond acceptors (Lipinski definition) is 4. The molecule has 0 bridgehead atoms. The summed E-state index contributed by atoms with van der Waals surface area (Å²) in [6.07, 6.45) is 1.77. The van der Waals surface area contributed by atoms with Crippen LogP contribution in [0.25, 0.3) is 0 Å². The molecule has 0 fully saturated rings. The molecule has 0 aliphatic heterocycles. The van der Waals surface area contributed by atoms with Crippen molar-refractivity contribution in [3.63, 3.8) is 0 Å². The number of carboxylic acids is 1. The lowest BCUT2D eigenvalue weighted by Crippen LogP contribution is -2.22. The van der Waals surface area contributed by atoms with E-state index in [4.69, 9.17) is 15.2 Å². The highest BCUT2D eigenvalue weighted by Gasteiger charge is 2.14. The molecule has 0 rings (SSSR count). The molecule has 0 aromatic heterocycles. The molecular weight excluding hydrogens is 185 g/mol. The Morgan fingerprint density at radius 2 is 2.14 bits per heavy atom. The van der Waals surface area contributed by atoms with E-state index in [1.54, 1.807) is 7.05 Å². The Labute approximate surface area is 84.3 Å². The zero-order valence-corrected chi connectivity index (χ0v) is 8.44. The summed E-state index contributed by atoms with van der Waals surface area (Å²) in [7, 11) is 0.491. The highest BCUT2D eigenvalue weighted by atomic mass is 16.4. The first-order valence-corrected chi connectivity index (χ1v) is 4.78. The third-order valence-corrected chi connectivity index (χ3v) is 2.03. The molecule has 0 heterocycles. The summed E-state index contributed by atoms with van der Waals surface area (Å²) in [6.45, 7) is 0.647. The van der Waals surface area contributed by atoms with Crippen molar-refractivity contribution >= 4 is 13.1 Å². The Bertz CT molecular complexity index is 165. The summed E-state index contributed by atoms with van der Waals surface area (Å²) >= 11 is 0. The van der Waals surface area contributed by atoms with Crippen LogP contribution in [0.5, 0.6) is 0 Å². The van der Waals surface area contributed by atoms with Crippen LogP contribution in [0.3, 0.4) is 0 Å². The van der Waals surface area contributed by atoms with Gasteiger partial charge >= 0.3 is 13.1 Å². The Morgan fingerprint density at radius 3 is 2.57 bits per heavy atom. The molecule has 0 aliphatic rings. The lowest BCUT2D eigenvalue weighted by Gasteiger charge is -2.13. The molecule has 5 nitrogen and oxygen atoms in total. The fourth-order valence-corrected chi connectivity index (χ4v) is 1.40. The number of nitrogens with one attached hydrogen (secondary N) is 1. The molecular formula is C8H18BNO4. The predicted octanol–water partition coefficient (Wildman–Crippen LogP) is -0.450. The van der Waals surface area contributed by atoms with Crippen molar-refractivity contribution < 1.29 is 19.9 Å². The van der Waals surface area contributed by atoms with Crippen LogP contribution in [-0.2, 0) is 4.79 Å². The van der Waals surface area contributed by atoms with Gasteiger partial charge in [0.2, 0.25) is 0 Å². The Hall–Kier alpha value is -0.585. The lowest BCUT2D eigenvalue weighted by molar-refractivity contribution is -0.138. The number of hydrogen-bond donors (Lipinski definition) is 4. The van der Waals surface area contributed by atoms with Gasteiger partial charge in [-0.2, -0.15) is 0 Å². The number of carbonyl (C=O) groups is 1. The van der Waals surface area contributed by atoms with Gasteiger partial charge in [0.15, 0.2) is 0 Å². The molecule has 0 amide bonds. The maximum absolute atomic E-state index is 10.5. The molecule has 0 saturated carbocycles. The molecule has 1 unspecified atom stereocenters. The summed E-state index contributed by atoms with van der Waals surface area (Å²) in [5.41, 5.74) is 0. The topological polar surface area (TPSA) is 89.8 Å². The second-order valence-corrected chi connectivity index (χ2v) is 3.43. The van der Waals surface area contributed by atoms with Gasteiger partial charge in [0.1, 0.15) is 0 Å². The van der Waals surface area contributed by atoms with E-state index >= 15 is 0 Å². The average molecular weight is 203 g/mol. The van der Waals surface area contributed by atoms with Gasteiger partial charge in [-0.25, -0.2) is 0 Å². The maximum Gasteiger partial charge on any atom is 0.451 e. The summed E-state index contributed by atoms with van der Waals surface area (Å²) in [5.74, 6) is -0.744. The van der Waals surface area contributed by atoms with Crippen LogP contribution < -0.4 is 5.32 Å². The van der Waals surface area contributed by atoms with Gasteiger partial charge in [-0.15, -0.1) is 0 Å². The first-order valence-electron chi connectivity index (χ1n) is 4.78. The van der Waals surface area contributed by atoms with Crippen molar-refractivity contribution in [1.82, 2.24) is 5.32 Å². The van der Waals surface area contributed by atoms with E-state index < -0.39 is 13.1 Å². The quantitative estimate of drug-likeness (QED) is 0.401. The van der Waals surface area contributed by atoms with Crippen LogP contribution in [-0.4, -0.2) is 41.8 Å². The smallest absolute Gasteiger partial charge is 0.451 e. The Balaban J connectivity index is 3.67. The molecule has 6 heteroatoms. The lowest BCUT2D eigenvalue weighted by atomic mass is 9.82. The van der Waals surface area contributed by atoms with E-state index in [1.807, 2.05) is 0 Å². The van der Waals surface area contributed by atoms with Crippen LogP contribution in [0.2, 0.25) is 6.32 Å². The van der Waals surface area contributed by atoms with Crippen LogP contribution in [0.15, 0.2) is 0 Å². The second-order valence-electron chi connectivity index (χ2n) is 3.43. The standard InChI is InChI=1S/C8H18BNO4/c1-10-6-7(5-8(11)12)3-2-4-9(13)14/h7,10,13-14H,2-6H2,1H3,(H,11,12). The normalized spacial score (nSPS) is 12.5. The molecule has 0 radical (unpaired) electrons. The SMILES string of the molecule is CNCC(CCCB(O)O)CC(=O)O. The molecule has 1 atom stereocenters. The fourth-order valence-electron chi connectivity index (χ4n) is 1.40. The van der Waals surface area contributed by atoms with Crippen LogP contribution in [0, 0.1) is 5.92 Å². The third kappa shape index (κ3) is 8.03. The minimum atomic E-state index is -1.28. The highest BCUT2D eigenvalue weighted by Crippen LogP contribution is 2.12. The first-order chi connectivity index (χ1) is 6.56. The molecule has 0 aromatic carbocycles. The van der Waals surface area contributed by atoms with E-state index in [1.165, 1.54) is 0 Å². The van der Waals surface area contributed by atoms with E-state index in [0.29, 0.717) is 25.7 Å². The minimum absolute atomic E-state index is 0.0660. The van der Waals surface area contributed by atoms with Gasteiger partial charge in [0.25, 0.3) is 0 Å². The zero-order valence-electron chi connectivity index (χ0n) is 8.44. The second kappa shape index (κ2) is 7.79. The third-order valence-electron chi connectivity index (χ3n) is 2.03. The molecule has 0 spiro atoms. The monoisotopic (exact) mass is 203 g/mol. The van der Waals surface area contributed by atoms with Gasteiger partial charge in [0.05, 0.1) is 0 Å². The van der Waals surface area contributed by atoms with Crippen molar-refractivity contribution in [3.05, 3.63) is 0 Å².